The fourth-order valence-corrected chi connectivity index (χ4v) is 2.49. The average molecular weight is 347 g/mol. The number of halogens is 2. The molecule has 0 aliphatic carbocycles. The Hall–Kier alpha value is -1.98. The molecular formula is C16H12BrFN2O. The Morgan fingerprint density at radius 2 is 1.86 bits per heavy atom. The van der Waals surface area contributed by atoms with E-state index >= 15 is 0 Å². The molecule has 21 heavy (non-hydrogen) atoms. The molecule has 1 aromatic heterocycles. The highest BCUT2D eigenvalue weighted by Gasteiger charge is 2.18. The molecule has 3 aromatic rings. The first kappa shape index (κ1) is 14.0. The number of hydrogen-bond donors (Lipinski definition) is 1. The molecule has 0 fully saturated rings. The van der Waals surface area contributed by atoms with Gasteiger partial charge in [-0.1, -0.05) is 30.3 Å². The van der Waals surface area contributed by atoms with E-state index < -0.39 is 11.9 Å². The molecule has 2 aromatic carbocycles. The number of hydrogen-bond acceptors (Lipinski definition) is 2. The van der Waals surface area contributed by atoms with Crippen LogP contribution in [0.2, 0.25) is 0 Å². The summed E-state index contributed by atoms with van der Waals surface area (Å²) in [7, 11) is 0. The molecule has 106 valence electrons. The van der Waals surface area contributed by atoms with Crippen LogP contribution in [0.1, 0.15) is 17.2 Å². The fourth-order valence-electron chi connectivity index (χ4n) is 2.11. The van der Waals surface area contributed by atoms with Crippen molar-refractivity contribution in [2.24, 2.45) is 0 Å². The van der Waals surface area contributed by atoms with Crippen LogP contribution in [0.3, 0.4) is 0 Å². The minimum Gasteiger partial charge on any atom is -0.383 e. The highest BCUT2D eigenvalue weighted by Crippen LogP contribution is 2.28. The third-order valence-electron chi connectivity index (χ3n) is 3.22. The highest BCUT2D eigenvalue weighted by atomic mass is 79.9. The van der Waals surface area contributed by atoms with E-state index in [1.165, 1.54) is 6.20 Å². The Bertz CT molecular complexity index is 758. The molecule has 0 spiro atoms. The van der Waals surface area contributed by atoms with Crippen molar-refractivity contribution in [3.63, 3.8) is 0 Å². The Morgan fingerprint density at radius 1 is 1.10 bits per heavy atom. The summed E-state index contributed by atoms with van der Waals surface area (Å²) >= 11 is 3.12. The molecule has 1 unspecified atom stereocenters. The van der Waals surface area contributed by atoms with Crippen LogP contribution in [0.25, 0.3) is 5.69 Å². The number of aromatic nitrogens is 2. The lowest BCUT2D eigenvalue weighted by molar-refractivity contribution is 0.214. The van der Waals surface area contributed by atoms with Crippen molar-refractivity contribution < 1.29 is 9.50 Å². The first-order valence-corrected chi connectivity index (χ1v) is 7.18. The van der Waals surface area contributed by atoms with Crippen molar-refractivity contribution in [2.75, 3.05) is 0 Å². The summed E-state index contributed by atoms with van der Waals surface area (Å²) in [6, 6.07) is 14.4. The molecule has 1 atom stereocenters. The molecule has 0 saturated carbocycles. The van der Waals surface area contributed by atoms with Gasteiger partial charge in [0.1, 0.15) is 11.9 Å². The number of aliphatic hydroxyl groups excluding tert-OH is 1. The van der Waals surface area contributed by atoms with E-state index in [0.29, 0.717) is 10.0 Å². The Morgan fingerprint density at radius 3 is 2.62 bits per heavy atom. The van der Waals surface area contributed by atoms with E-state index in [0.717, 1.165) is 5.69 Å². The fraction of sp³-hybridized carbons (Fsp3) is 0.0625. The average Bonchev–Trinajstić information content (AvgIpc) is 3.00. The lowest BCUT2D eigenvalue weighted by atomic mass is 10.0. The topological polar surface area (TPSA) is 38.1 Å². The molecule has 0 saturated heterocycles. The summed E-state index contributed by atoms with van der Waals surface area (Å²) in [6.07, 6.45) is 2.18. The minimum absolute atomic E-state index is 0.219. The van der Waals surface area contributed by atoms with Gasteiger partial charge >= 0.3 is 0 Å². The van der Waals surface area contributed by atoms with E-state index in [4.69, 9.17) is 0 Å². The van der Waals surface area contributed by atoms with Gasteiger partial charge in [0.15, 0.2) is 0 Å². The first-order valence-electron chi connectivity index (χ1n) is 6.39. The number of para-hydroxylation sites is 1. The molecule has 0 aliphatic heterocycles. The van der Waals surface area contributed by atoms with Crippen molar-refractivity contribution in [3.8, 4) is 5.69 Å². The second-order valence-corrected chi connectivity index (χ2v) is 5.45. The summed E-state index contributed by atoms with van der Waals surface area (Å²) in [5.74, 6) is -0.461. The first-order chi connectivity index (χ1) is 10.2. The number of benzene rings is 2. The van der Waals surface area contributed by atoms with Crippen molar-refractivity contribution in [2.45, 2.75) is 6.10 Å². The van der Waals surface area contributed by atoms with Crippen LogP contribution in [0, 0.1) is 5.82 Å². The van der Waals surface area contributed by atoms with Gasteiger partial charge < -0.3 is 5.11 Å². The van der Waals surface area contributed by atoms with Gasteiger partial charge in [-0.15, -0.1) is 0 Å². The van der Waals surface area contributed by atoms with Gasteiger partial charge in [0.2, 0.25) is 0 Å². The number of rotatable bonds is 3. The van der Waals surface area contributed by atoms with Crippen molar-refractivity contribution in [3.05, 3.63) is 82.3 Å². The van der Waals surface area contributed by atoms with Crippen molar-refractivity contribution in [1.82, 2.24) is 9.78 Å². The van der Waals surface area contributed by atoms with Gasteiger partial charge in [-0.2, -0.15) is 5.10 Å². The summed E-state index contributed by atoms with van der Waals surface area (Å²) in [4.78, 5) is 0. The lowest BCUT2D eigenvalue weighted by Crippen LogP contribution is -2.02. The van der Waals surface area contributed by atoms with Crippen LogP contribution in [0.5, 0.6) is 0 Å². The maximum Gasteiger partial charge on any atom is 0.143 e. The van der Waals surface area contributed by atoms with E-state index in [1.807, 2.05) is 30.3 Å². The predicted octanol–water partition coefficient (Wildman–Crippen LogP) is 3.86. The monoisotopic (exact) mass is 346 g/mol. The lowest BCUT2D eigenvalue weighted by Gasteiger charge is -2.10. The smallest absolute Gasteiger partial charge is 0.143 e. The third-order valence-corrected chi connectivity index (χ3v) is 3.83. The molecule has 3 nitrogen and oxygen atoms in total. The molecule has 0 bridgehead atoms. The van der Waals surface area contributed by atoms with Gasteiger partial charge in [-0.25, -0.2) is 9.07 Å². The Balaban J connectivity index is 1.95. The number of aliphatic hydroxyl groups is 1. The molecular weight excluding hydrogens is 335 g/mol. The molecule has 0 radical (unpaired) electrons. The summed E-state index contributed by atoms with van der Waals surface area (Å²) in [5, 5.41) is 14.6. The molecule has 1 N–H and O–H groups in total. The predicted molar refractivity (Wildman–Crippen MR) is 81.7 cm³/mol. The van der Waals surface area contributed by atoms with Crippen LogP contribution < -0.4 is 0 Å². The zero-order valence-corrected chi connectivity index (χ0v) is 12.5. The van der Waals surface area contributed by atoms with E-state index in [9.17, 15) is 9.50 Å². The SMILES string of the molecule is OC(c1cnn(-c2ccccc2)c1)c1cccc(Br)c1F. The van der Waals surface area contributed by atoms with Gasteiger partial charge in [0.05, 0.1) is 16.4 Å². The van der Waals surface area contributed by atoms with Crippen LogP contribution in [-0.4, -0.2) is 14.9 Å². The minimum atomic E-state index is -1.06. The zero-order chi connectivity index (χ0) is 14.8. The Labute approximate surface area is 129 Å². The van der Waals surface area contributed by atoms with Gasteiger partial charge in [0.25, 0.3) is 0 Å². The third kappa shape index (κ3) is 2.75. The van der Waals surface area contributed by atoms with Gasteiger partial charge in [-0.05, 0) is 34.1 Å². The summed E-state index contributed by atoms with van der Waals surface area (Å²) in [6.45, 7) is 0. The van der Waals surface area contributed by atoms with Crippen molar-refractivity contribution in [1.29, 1.82) is 0 Å². The molecule has 0 amide bonds. The second kappa shape index (κ2) is 5.79. The van der Waals surface area contributed by atoms with E-state index in [1.54, 1.807) is 29.1 Å². The van der Waals surface area contributed by atoms with E-state index in [2.05, 4.69) is 21.0 Å². The highest BCUT2D eigenvalue weighted by molar-refractivity contribution is 9.10. The molecule has 3 rings (SSSR count). The summed E-state index contributed by atoms with van der Waals surface area (Å²) in [5.41, 5.74) is 1.64. The zero-order valence-electron chi connectivity index (χ0n) is 10.9. The normalized spacial score (nSPS) is 12.3. The maximum atomic E-state index is 14.0. The molecule has 1 heterocycles. The van der Waals surface area contributed by atoms with Crippen LogP contribution in [0.4, 0.5) is 4.39 Å². The van der Waals surface area contributed by atoms with Gasteiger partial charge in [-0.3, -0.25) is 0 Å². The quantitative estimate of drug-likeness (QED) is 0.781. The van der Waals surface area contributed by atoms with Crippen LogP contribution >= 0.6 is 15.9 Å². The Kier molecular flexibility index (Phi) is 3.86. The standard InChI is InChI=1S/C16H12BrFN2O/c17-14-8-4-7-13(15(14)18)16(21)11-9-19-20(10-11)12-5-2-1-3-6-12/h1-10,16,21H. The molecule has 0 aliphatic rings. The van der Waals surface area contributed by atoms with E-state index in [-0.39, 0.29) is 5.56 Å². The maximum absolute atomic E-state index is 14.0. The number of nitrogens with zero attached hydrogens (tertiary/aromatic N) is 2. The summed E-state index contributed by atoms with van der Waals surface area (Å²) < 4.78 is 16.0. The van der Waals surface area contributed by atoms with Crippen molar-refractivity contribution >= 4 is 15.9 Å². The second-order valence-electron chi connectivity index (χ2n) is 4.60. The molecule has 5 heteroatoms. The van der Waals surface area contributed by atoms with Crippen LogP contribution in [0.15, 0.2) is 65.4 Å². The largest absolute Gasteiger partial charge is 0.383 e. The van der Waals surface area contributed by atoms with Crippen LogP contribution in [-0.2, 0) is 0 Å². The van der Waals surface area contributed by atoms with Gasteiger partial charge in [0, 0.05) is 17.3 Å².